The highest BCUT2D eigenvalue weighted by molar-refractivity contribution is 5.94. The highest BCUT2D eigenvalue weighted by atomic mass is 16.5. The van der Waals surface area contributed by atoms with Crippen LogP contribution in [-0.4, -0.2) is 21.7 Å². The summed E-state index contributed by atoms with van der Waals surface area (Å²) in [6.45, 7) is 1.72. The van der Waals surface area contributed by atoms with E-state index in [-0.39, 0.29) is 17.5 Å². The zero-order chi connectivity index (χ0) is 15.0. The fraction of sp³-hybridized carbons (Fsp3) is 0.400. The molecule has 1 amide bonds. The molecular weight excluding hydrogens is 270 g/mol. The average molecular weight is 287 g/mol. The monoisotopic (exact) mass is 287 g/mol. The number of nitrogens with zero attached hydrogens (tertiary/aromatic N) is 2. The van der Waals surface area contributed by atoms with Gasteiger partial charge in [-0.05, 0) is 31.7 Å². The predicted molar refractivity (Wildman–Crippen MR) is 76.2 cm³/mol. The van der Waals surface area contributed by atoms with E-state index in [2.05, 4.69) is 10.5 Å². The molecule has 1 atom stereocenters. The maximum absolute atomic E-state index is 12.2. The van der Waals surface area contributed by atoms with Gasteiger partial charge in [0.15, 0.2) is 0 Å². The SMILES string of the molecule is Cc1oncc1C(=O)N[C@H]1CCc2c(ccc(=O)n2C)C1. The molecule has 110 valence electrons. The number of nitrogens with one attached hydrogen (secondary N) is 1. The molecule has 0 unspecified atom stereocenters. The van der Waals surface area contributed by atoms with Gasteiger partial charge in [-0.15, -0.1) is 0 Å². The van der Waals surface area contributed by atoms with Gasteiger partial charge in [0.1, 0.15) is 11.3 Å². The molecule has 2 heterocycles. The molecule has 2 aromatic rings. The molecule has 0 spiro atoms. The van der Waals surface area contributed by atoms with E-state index < -0.39 is 0 Å². The molecule has 6 heteroatoms. The van der Waals surface area contributed by atoms with Gasteiger partial charge in [0.25, 0.3) is 5.91 Å². The summed E-state index contributed by atoms with van der Waals surface area (Å²) in [5.74, 6) is 0.359. The lowest BCUT2D eigenvalue weighted by atomic mass is 9.91. The smallest absolute Gasteiger partial charge is 0.256 e. The van der Waals surface area contributed by atoms with Crippen molar-refractivity contribution in [3.05, 3.63) is 51.3 Å². The Hall–Kier alpha value is -2.37. The number of aromatic nitrogens is 2. The molecule has 0 radical (unpaired) electrons. The first kappa shape index (κ1) is 13.6. The molecule has 6 nitrogen and oxygen atoms in total. The first-order chi connectivity index (χ1) is 10.1. The number of rotatable bonds is 2. The quantitative estimate of drug-likeness (QED) is 0.893. The maximum atomic E-state index is 12.2. The van der Waals surface area contributed by atoms with Crippen molar-refractivity contribution in [1.29, 1.82) is 0 Å². The molecule has 0 fully saturated rings. The Morgan fingerprint density at radius 1 is 1.48 bits per heavy atom. The van der Waals surface area contributed by atoms with Crippen molar-refractivity contribution in [2.24, 2.45) is 7.05 Å². The molecular formula is C15H17N3O3. The van der Waals surface area contributed by atoms with Crippen LogP contribution in [0.15, 0.2) is 27.6 Å². The van der Waals surface area contributed by atoms with E-state index in [9.17, 15) is 9.59 Å². The molecule has 0 aliphatic heterocycles. The van der Waals surface area contributed by atoms with Crippen molar-refractivity contribution in [1.82, 2.24) is 15.0 Å². The van der Waals surface area contributed by atoms with Crippen LogP contribution in [0.5, 0.6) is 0 Å². The highest BCUT2D eigenvalue weighted by Gasteiger charge is 2.23. The van der Waals surface area contributed by atoms with Crippen LogP contribution in [0.3, 0.4) is 0 Å². The third-order valence-corrected chi connectivity index (χ3v) is 4.06. The second kappa shape index (κ2) is 5.20. The number of pyridine rings is 1. The first-order valence-corrected chi connectivity index (χ1v) is 6.96. The van der Waals surface area contributed by atoms with Gasteiger partial charge in [-0.25, -0.2) is 0 Å². The van der Waals surface area contributed by atoms with Crippen LogP contribution in [0, 0.1) is 6.92 Å². The van der Waals surface area contributed by atoms with Crippen LogP contribution in [0.4, 0.5) is 0 Å². The van der Waals surface area contributed by atoms with Gasteiger partial charge in [0, 0.05) is 24.8 Å². The molecule has 1 aliphatic rings. The van der Waals surface area contributed by atoms with Gasteiger partial charge in [0.05, 0.1) is 6.20 Å². The van der Waals surface area contributed by atoms with E-state index in [0.717, 1.165) is 30.5 Å². The van der Waals surface area contributed by atoms with Gasteiger partial charge in [-0.3, -0.25) is 9.59 Å². The second-order valence-corrected chi connectivity index (χ2v) is 5.41. The Morgan fingerprint density at radius 2 is 2.29 bits per heavy atom. The first-order valence-electron chi connectivity index (χ1n) is 6.96. The van der Waals surface area contributed by atoms with Crippen LogP contribution < -0.4 is 10.9 Å². The molecule has 0 saturated carbocycles. The number of amides is 1. The molecule has 0 aromatic carbocycles. The molecule has 21 heavy (non-hydrogen) atoms. The largest absolute Gasteiger partial charge is 0.361 e. The van der Waals surface area contributed by atoms with Crippen molar-refractivity contribution in [3.63, 3.8) is 0 Å². The Bertz CT molecular complexity index is 745. The fourth-order valence-electron chi connectivity index (χ4n) is 2.82. The zero-order valence-corrected chi connectivity index (χ0v) is 12.0. The lowest BCUT2D eigenvalue weighted by molar-refractivity contribution is 0.0932. The summed E-state index contributed by atoms with van der Waals surface area (Å²) in [5, 5.41) is 6.63. The van der Waals surface area contributed by atoms with Crippen molar-refractivity contribution >= 4 is 5.91 Å². The zero-order valence-electron chi connectivity index (χ0n) is 12.0. The lowest BCUT2D eigenvalue weighted by Gasteiger charge is -2.26. The summed E-state index contributed by atoms with van der Waals surface area (Å²) in [6.07, 6.45) is 3.78. The molecule has 1 N–H and O–H groups in total. The number of carbonyl (C=O) groups is 1. The molecule has 0 saturated heterocycles. The Labute approximate surface area is 121 Å². The molecule has 0 bridgehead atoms. The van der Waals surface area contributed by atoms with Crippen LogP contribution in [-0.2, 0) is 19.9 Å². The fourth-order valence-corrected chi connectivity index (χ4v) is 2.82. The van der Waals surface area contributed by atoms with Crippen molar-refractivity contribution < 1.29 is 9.32 Å². The van der Waals surface area contributed by atoms with Gasteiger partial charge in [-0.2, -0.15) is 0 Å². The van der Waals surface area contributed by atoms with Crippen LogP contribution in [0.2, 0.25) is 0 Å². The van der Waals surface area contributed by atoms with E-state index in [0.29, 0.717) is 11.3 Å². The van der Waals surface area contributed by atoms with E-state index in [4.69, 9.17) is 4.52 Å². The van der Waals surface area contributed by atoms with Crippen molar-refractivity contribution in [2.45, 2.75) is 32.2 Å². The van der Waals surface area contributed by atoms with Crippen LogP contribution in [0.25, 0.3) is 0 Å². The highest BCUT2D eigenvalue weighted by Crippen LogP contribution is 2.20. The van der Waals surface area contributed by atoms with Crippen molar-refractivity contribution in [2.75, 3.05) is 0 Å². The van der Waals surface area contributed by atoms with Gasteiger partial charge < -0.3 is 14.4 Å². The average Bonchev–Trinajstić information content (AvgIpc) is 2.89. The molecule has 3 rings (SSSR count). The minimum Gasteiger partial charge on any atom is -0.361 e. The normalized spacial score (nSPS) is 17.3. The third kappa shape index (κ3) is 2.49. The number of carbonyl (C=O) groups excluding carboxylic acids is 1. The molecule has 1 aliphatic carbocycles. The Kier molecular flexibility index (Phi) is 3.37. The Morgan fingerprint density at radius 3 is 3.00 bits per heavy atom. The van der Waals surface area contributed by atoms with Crippen LogP contribution >= 0.6 is 0 Å². The standard InChI is InChI=1S/C15H17N3O3/c1-9-12(8-16-21-9)15(20)17-11-4-5-13-10(7-11)3-6-14(19)18(13)2/h3,6,8,11H,4-5,7H2,1-2H3,(H,17,20)/t11-/m0/s1. The van der Waals surface area contributed by atoms with Gasteiger partial charge in [-0.1, -0.05) is 11.2 Å². The number of hydrogen-bond donors (Lipinski definition) is 1. The summed E-state index contributed by atoms with van der Waals surface area (Å²) < 4.78 is 6.60. The van der Waals surface area contributed by atoms with E-state index in [1.165, 1.54) is 6.20 Å². The number of hydrogen-bond acceptors (Lipinski definition) is 4. The Balaban J connectivity index is 1.75. The summed E-state index contributed by atoms with van der Waals surface area (Å²) in [6, 6.07) is 3.50. The summed E-state index contributed by atoms with van der Waals surface area (Å²) >= 11 is 0. The van der Waals surface area contributed by atoms with Crippen LogP contribution in [0.1, 0.15) is 33.8 Å². The summed E-state index contributed by atoms with van der Waals surface area (Å²) in [4.78, 5) is 23.8. The van der Waals surface area contributed by atoms with Gasteiger partial charge >= 0.3 is 0 Å². The summed E-state index contributed by atoms with van der Waals surface area (Å²) in [5.41, 5.74) is 2.67. The number of fused-ring (bicyclic) bond motifs is 1. The lowest BCUT2D eigenvalue weighted by Crippen LogP contribution is -2.40. The third-order valence-electron chi connectivity index (χ3n) is 4.06. The van der Waals surface area contributed by atoms with E-state index in [1.807, 2.05) is 6.07 Å². The molecule has 2 aromatic heterocycles. The van der Waals surface area contributed by atoms with Gasteiger partial charge in [0.2, 0.25) is 5.56 Å². The van der Waals surface area contributed by atoms with E-state index in [1.54, 1.807) is 24.6 Å². The maximum Gasteiger partial charge on any atom is 0.256 e. The second-order valence-electron chi connectivity index (χ2n) is 5.41. The minimum atomic E-state index is -0.160. The summed E-state index contributed by atoms with van der Waals surface area (Å²) in [7, 11) is 1.79. The van der Waals surface area contributed by atoms with E-state index >= 15 is 0 Å². The van der Waals surface area contributed by atoms with Crippen molar-refractivity contribution in [3.8, 4) is 0 Å². The number of aryl methyl sites for hydroxylation is 1. The minimum absolute atomic E-state index is 0.0105. The predicted octanol–water partition coefficient (Wildman–Crippen LogP) is 0.969. The topological polar surface area (TPSA) is 77.1 Å².